The lowest BCUT2D eigenvalue weighted by atomic mass is 10.1. The molecule has 0 atom stereocenters. The van der Waals surface area contributed by atoms with Crippen molar-refractivity contribution in [3.63, 3.8) is 0 Å². The zero-order valence-corrected chi connectivity index (χ0v) is 16.6. The maximum Gasteiger partial charge on any atom is 0.238 e. The van der Waals surface area contributed by atoms with Crippen LogP contribution in [0.25, 0.3) is 0 Å². The second-order valence-electron chi connectivity index (χ2n) is 6.49. The number of hydrogen-bond donors (Lipinski definition) is 3. The van der Waals surface area contributed by atoms with Crippen molar-refractivity contribution in [1.29, 1.82) is 0 Å². The van der Waals surface area contributed by atoms with Crippen LogP contribution in [0.1, 0.15) is 17.0 Å². The molecule has 0 saturated heterocycles. The first kappa shape index (κ1) is 19.8. The van der Waals surface area contributed by atoms with Gasteiger partial charge in [0.1, 0.15) is 17.5 Å². The summed E-state index contributed by atoms with van der Waals surface area (Å²) in [4.78, 5) is 8.97. The van der Waals surface area contributed by atoms with Gasteiger partial charge in [0.05, 0.1) is 4.90 Å². The number of aromatic nitrogens is 2. The summed E-state index contributed by atoms with van der Waals surface area (Å²) in [7, 11) is -3.66. The van der Waals surface area contributed by atoms with Gasteiger partial charge in [0.15, 0.2) is 0 Å². The zero-order valence-electron chi connectivity index (χ0n) is 15.8. The molecule has 3 rings (SSSR count). The van der Waals surface area contributed by atoms with Crippen molar-refractivity contribution in [2.45, 2.75) is 25.2 Å². The molecule has 0 fully saturated rings. The number of benzene rings is 2. The molecule has 28 heavy (non-hydrogen) atoms. The van der Waals surface area contributed by atoms with Crippen molar-refractivity contribution in [3.8, 4) is 0 Å². The first-order chi connectivity index (χ1) is 13.3. The number of sulfonamides is 1. The molecule has 1 aromatic heterocycles. The average molecular weight is 398 g/mol. The molecule has 0 aliphatic heterocycles. The lowest BCUT2D eigenvalue weighted by molar-refractivity contribution is 0.598. The van der Waals surface area contributed by atoms with Crippen LogP contribution in [0.15, 0.2) is 59.5 Å². The molecule has 0 aliphatic carbocycles. The second-order valence-corrected chi connectivity index (χ2v) is 8.05. The predicted molar refractivity (Wildman–Crippen MR) is 111 cm³/mol. The highest BCUT2D eigenvalue weighted by Gasteiger charge is 2.07. The van der Waals surface area contributed by atoms with Gasteiger partial charge in [-0.3, -0.25) is 0 Å². The third kappa shape index (κ3) is 5.28. The number of nitrogens with zero attached hydrogens (tertiary/aromatic N) is 2. The van der Waals surface area contributed by atoms with E-state index in [1.54, 1.807) is 12.1 Å². The fourth-order valence-corrected chi connectivity index (χ4v) is 3.27. The summed E-state index contributed by atoms with van der Waals surface area (Å²) < 4.78 is 22.6. The highest BCUT2D eigenvalue weighted by atomic mass is 32.2. The molecule has 146 valence electrons. The summed E-state index contributed by atoms with van der Waals surface area (Å²) in [6.45, 7) is 4.53. The Balaban J connectivity index is 1.63. The summed E-state index contributed by atoms with van der Waals surface area (Å²) in [6.07, 6.45) is 0.717. The fraction of sp³-hybridized carbons (Fsp3) is 0.200. The van der Waals surface area contributed by atoms with Gasteiger partial charge in [-0.2, -0.15) is 0 Å². The van der Waals surface area contributed by atoms with Crippen molar-refractivity contribution in [1.82, 2.24) is 9.97 Å². The molecule has 0 amide bonds. The van der Waals surface area contributed by atoms with Gasteiger partial charge in [-0.25, -0.2) is 23.5 Å². The van der Waals surface area contributed by atoms with Gasteiger partial charge < -0.3 is 10.6 Å². The quantitative estimate of drug-likeness (QED) is 0.565. The monoisotopic (exact) mass is 397 g/mol. The Labute approximate surface area is 165 Å². The molecule has 0 aliphatic rings. The van der Waals surface area contributed by atoms with Gasteiger partial charge in [0.25, 0.3) is 0 Å². The zero-order chi connectivity index (χ0) is 20.1. The van der Waals surface area contributed by atoms with Gasteiger partial charge in [-0.05, 0) is 49.6 Å². The first-order valence-corrected chi connectivity index (χ1v) is 10.4. The maximum atomic E-state index is 11.3. The van der Waals surface area contributed by atoms with E-state index in [-0.39, 0.29) is 4.90 Å². The maximum absolute atomic E-state index is 11.3. The van der Waals surface area contributed by atoms with Crippen LogP contribution in [0.2, 0.25) is 0 Å². The van der Waals surface area contributed by atoms with E-state index in [1.807, 2.05) is 44.2 Å². The summed E-state index contributed by atoms with van der Waals surface area (Å²) in [6, 6.07) is 16.4. The Bertz CT molecular complexity index is 1070. The van der Waals surface area contributed by atoms with E-state index in [9.17, 15) is 8.42 Å². The van der Waals surface area contributed by atoms with E-state index in [2.05, 4.69) is 20.6 Å². The van der Waals surface area contributed by atoms with Gasteiger partial charge >= 0.3 is 0 Å². The topological polar surface area (TPSA) is 110 Å². The highest BCUT2D eigenvalue weighted by Crippen LogP contribution is 2.20. The molecular formula is C20H23N5O2S. The number of aryl methyl sites for hydroxylation is 2. The molecule has 0 unspecified atom stereocenters. The highest BCUT2D eigenvalue weighted by molar-refractivity contribution is 7.89. The minimum absolute atomic E-state index is 0.113. The number of nitrogens with one attached hydrogen (secondary N) is 2. The molecule has 0 bridgehead atoms. The molecular weight excluding hydrogens is 374 g/mol. The Kier molecular flexibility index (Phi) is 5.91. The second kappa shape index (κ2) is 8.37. The SMILES string of the molecule is Cc1nc(NCCc2ccc(S(N)(=O)=O)cc2)cc(Nc2ccccc2C)n1. The first-order valence-electron chi connectivity index (χ1n) is 8.85. The number of nitrogens with two attached hydrogens (primary N) is 1. The van der Waals surface area contributed by atoms with Crippen LogP contribution in [-0.4, -0.2) is 24.9 Å². The van der Waals surface area contributed by atoms with Crippen LogP contribution < -0.4 is 15.8 Å². The minimum Gasteiger partial charge on any atom is -0.370 e. The lowest BCUT2D eigenvalue weighted by Crippen LogP contribution is -2.12. The standard InChI is InChI=1S/C20H23N5O2S/c1-14-5-3-4-6-18(14)25-20-13-19(23-15(2)24-20)22-12-11-16-7-9-17(10-8-16)28(21,26)27/h3-10,13H,11-12H2,1-2H3,(H2,21,26,27)(H2,22,23,24,25). The lowest BCUT2D eigenvalue weighted by Gasteiger charge is -2.12. The van der Waals surface area contributed by atoms with Crippen LogP contribution in [0.3, 0.4) is 0 Å². The number of para-hydroxylation sites is 1. The van der Waals surface area contributed by atoms with Crippen LogP contribution >= 0.6 is 0 Å². The van der Waals surface area contributed by atoms with Crippen molar-refractivity contribution in [2.24, 2.45) is 5.14 Å². The van der Waals surface area contributed by atoms with Crippen LogP contribution in [0.5, 0.6) is 0 Å². The van der Waals surface area contributed by atoms with Gasteiger partial charge in [-0.15, -0.1) is 0 Å². The Morgan fingerprint density at radius 2 is 1.64 bits per heavy atom. The third-order valence-electron chi connectivity index (χ3n) is 4.22. The molecule has 0 spiro atoms. The molecule has 0 radical (unpaired) electrons. The van der Waals surface area contributed by atoms with Gasteiger partial charge in [0.2, 0.25) is 10.0 Å². The van der Waals surface area contributed by atoms with Crippen molar-refractivity contribution in [2.75, 3.05) is 17.2 Å². The largest absolute Gasteiger partial charge is 0.370 e. The summed E-state index contributed by atoms with van der Waals surface area (Å²) in [5.41, 5.74) is 3.14. The smallest absolute Gasteiger partial charge is 0.238 e. The number of hydrogen-bond acceptors (Lipinski definition) is 6. The third-order valence-corrected chi connectivity index (χ3v) is 5.15. The van der Waals surface area contributed by atoms with Crippen molar-refractivity contribution in [3.05, 3.63) is 71.5 Å². The molecule has 4 N–H and O–H groups in total. The summed E-state index contributed by atoms with van der Waals surface area (Å²) in [5.74, 6) is 2.12. The van der Waals surface area contributed by atoms with E-state index in [4.69, 9.17) is 5.14 Å². The van der Waals surface area contributed by atoms with Crippen LogP contribution in [-0.2, 0) is 16.4 Å². The number of rotatable bonds is 7. The van der Waals surface area contributed by atoms with Crippen LogP contribution in [0, 0.1) is 13.8 Å². The molecule has 7 nitrogen and oxygen atoms in total. The fourth-order valence-electron chi connectivity index (χ4n) is 2.75. The number of anilines is 3. The normalized spacial score (nSPS) is 11.2. The summed E-state index contributed by atoms with van der Waals surface area (Å²) >= 11 is 0. The van der Waals surface area contributed by atoms with Crippen LogP contribution in [0.4, 0.5) is 17.3 Å². The van der Waals surface area contributed by atoms with Gasteiger partial charge in [-0.1, -0.05) is 30.3 Å². The Morgan fingerprint density at radius 1 is 0.964 bits per heavy atom. The predicted octanol–water partition coefficient (Wildman–Crippen LogP) is 3.14. The van der Waals surface area contributed by atoms with E-state index in [0.29, 0.717) is 18.8 Å². The van der Waals surface area contributed by atoms with E-state index < -0.39 is 10.0 Å². The van der Waals surface area contributed by atoms with Crippen molar-refractivity contribution >= 4 is 27.3 Å². The molecule has 3 aromatic rings. The van der Waals surface area contributed by atoms with Crippen molar-refractivity contribution < 1.29 is 8.42 Å². The Morgan fingerprint density at radius 3 is 2.32 bits per heavy atom. The molecule has 8 heteroatoms. The van der Waals surface area contributed by atoms with E-state index >= 15 is 0 Å². The number of primary sulfonamides is 1. The molecule has 0 saturated carbocycles. The summed E-state index contributed by atoms with van der Waals surface area (Å²) in [5, 5.41) is 11.7. The average Bonchev–Trinajstić information content (AvgIpc) is 2.63. The Hall–Kier alpha value is -2.97. The molecule has 2 aromatic carbocycles. The minimum atomic E-state index is -3.66. The molecule has 1 heterocycles. The van der Waals surface area contributed by atoms with E-state index in [0.717, 1.165) is 28.5 Å². The van der Waals surface area contributed by atoms with Gasteiger partial charge in [0, 0.05) is 18.3 Å². The van der Waals surface area contributed by atoms with E-state index in [1.165, 1.54) is 12.1 Å².